The van der Waals surface area contributed by atoms with E-state index in [1.165, 1.54) is 29.7 Å². The highest BCUT2D eigenvalue weighted by Crippen LogP contribution is 2.30. The lowest BCUT2D eigenvalue weighted by Crippen LogP contribution is -2.11. The average molecular weight is 441 g/mol. The Kier molecular flexibility index (Phi) is 5.00. The minimum absolute atomic E-state index is 0.177. The van der Waals surface area contributed by atoms with Gasteiger partial charge in [0, 0.05) is 6.26 Å². The van der Waals surface area contributed by atoms with E-state index in [0.717, 1.165) is 15.8 Å². The van der Waals surface area contributed by atoms with E-state index in [1.807, 2.05) is 0 Å². The summed E-state index contributed by atoms with van der Waals surface area (Å²) in [6, 6.07) is 16.1. The first-order valence-electron chi connectivity index (χ1n) is 8.82. The van der Waals surface area contributed by atoms with E-state index in [1.54, 1.807) is 48.5 Å². The van der Waals surface area contributed by atoms with E-state index in [-0.39, 0.29) is 16.8 Å². The van der Waals surface area contributed by atoms with Crippen LogP contribution in [-0.4, -0.2) is 21.4 Å². The number of fused-ring (bicyclic) bond motifs is 1. The molecule has 1 unspecified atom stereocenters. The summed E-state index contributed by atoms with van der Waals surface area (Å²) < 4.78 is 33.5. The molecule has 4 aromatic rings. The smallest absolute Gasteiger partial charge is 0.265 e. The standard InChI is InChI=1S/C21H17FN4O2S2/c1-30(24,28)20-9-8-18-17(25-20)11-19(29-18)21(27)26-16-10-13(4-7-15(16)23)12-2-5-14(22)6-3-12/h2-11,24H,23H2,1H3,(H,26,27). The molecule has 4 rings (SSSR count). The van der Waals surface area contributed by atoms with Crippen molar-refractivity contribution >= 4 is 48.6 Å². The molecule has 2 aromatic carbocycles. The van der Waals surface area contributed by atoms with Crippen molar-refractivity contribution in [2.24, 2.45) is 0 Å². The van der Waals surface area contributed by atoms with Crippen molar-refractivity contribution in [1.29, 1.82) is 4.78 Å². The summed E-state index contributed by atoms with van der Waals surface area (Å²) in [6.45, 7) is 0. The van der Waals surface area contributed by atoms with Crippen molar-refractivity contribution in [3.63, 3.8) is 0 Å². The molecule has 0 bridgehead atoms. The van der Waals surface area contributed by atoms with Gasteiger partial charge in [-0.05, 0) is 53.6 Å². The van der Waals surface area contributed by atoms with Crippen molar-refractivity contribution in [3.05, 3.63) is 71.4 Å². The SMILES string of the molecule is CS(=N)(=O)c1ccc2sc(C(=O)Nc3cc(-c4ccc(F)cc4)ccc3N)cc2n1. The molecule has 6 nitrogen and oxygen atoms in total. The summed E-state index contributed by atoms with van der Waals surface area (Å²) in [5.74, 6) is -0.681. The number of nitrogens with two attached hydrogens (primary N) is 1. The Bertz CT molecular complexity index is 1380. The Morgan fingerprint density at radius 3 is 2.50 bits per heavy atom. The number of pyridine rings is 1. The lowest BCUT2D eigenvalue weighted by Gasteiger charge is -2.10. The number of hydrogen-bond acceptors (Lipinski definition) is 6. The van der Waals surface area contributed by atoms with Crippen LogP contribution in [0.4, 0.5) is 15.8 Å². The maximum Gasteiger partial charge on any atom is 0.265 e. The molecule has 0 saturated carbocycles. The summed E-state index contributed by atoms with van der Waals surface area (Å²) in [4.78, 5) is 17.4. The zero-order valence-electron chi connectivity index (χ0n) is 15.8. The Labute approximate surface area is 176 Å². The van der Waals surface area contributed by atoms with Gasteiger partial charge in [-0.15, -0.1) is 11.3 Å². The van der Waals surface area contributed by atoms with Crippen molar-refractivity contribution in [1.82, 2.24) is 4.98 Å². The summed E-state index contributed by atoms with van der Waals surface area (Å²) in [6.07, 6.45) is 1.30. The van der Waals surface area contributed by atoms with Crippen LogP contribution in [0.2, 0.25) is 0 Å². The predicted molar refractivity (Wildman–Crippen MR) is 119 cm³/mol. The van der Waals surface area contributed by atoms with E-state index in [0.29, 0.717) is 21.8 Å². The summed E-state index contributed by atoms with van der Waals surface area (Å²) in [7, 11) is -2.94. The zero-order valence-corrected chi connectivity index (χ0v) is 17.4. The number of aromatic nitrogens is 1. The van der Waals surface area contributed by atoms with Gasteiger partial charge in [-0.3, -0.25) is 4.79 Å². The van der Waals surface area contributed by atoms with Crippen molar-refractivity contribution in [2.75, 3.05) is 17.3 Å². The largest absolute Gasteiger partial charge is 0.397 e. The average Bonchev–Trinajstić information content (AvgIpc) is 3.13. The molecule has 1 atom stereocenters. The van der Waals surface area contributed by atoms with Gasteiger partial charge < -0.3 is 11.1 Å². The third kappa shape index (κ3) is 4.03. The summed E-state index contributed by atoms with van der Waals surface area (Å²) >= 11 is 1.24. The normalized spacial score (nSPS) is 13.1. The number of carbonyl (C=O) groups excluding carboxylic acids is 1. The van der Waals surface area contributed by atoms with E-state index in [2.05, 4.69) is 10.3 Å². The lowest BCUT2D eigenvalue weighted by molar-refractivity contribution is 0.103. The number of benzene rings is 2. The Morgan fingerprint density at radius 2 is 1.80 bits per heavy atom. The van der Waals surface area contributed by atoms with Crippen molar-refractivity contribution < 1.29 is 13.4 Å². The molecule has 4 N–H and O–H groups in total. The maximum absolute atomic E-state index is 13.2. The first-order chi connectivity index (χ1) is 14.2. The van der Waals surface area contributed by atoms with Crippen LogP contribution in [-0.2, 0) is 9.73 Å². The molecular formula is C21H17FN4O2S2. The number of nitrogens with one attached hydrogen (secondary N) is 2. The van der Waals surface area contributed by atoms with Gasteiger partial charge in [0.25, 0.3) is 5.91 Å². The Morgan fingerprint density at radius 1 is 1.10 bits per heavy atom. The van der Waals surface area contributed by atoms with Crippen LogP contribution in [0.1, 0.15) is 9.67 Å². The fourth-order valence-electron chi connectivity index (χ4n) is 2.90. The number of anilines is 2. The molecule has 0 aliphatic carbocycles. The molecule has 1 amide bonds. The minimum Gasteiger partial charge on any atom is -0.397 e. The topological polar surface area (TPSA) is 109 Å². The number of carbonyl (C=O) groups is 1. The number of halogens is 1. The fraction of sp³-hybridized carbons (Fsp3) is 0.0476. The molecule has 0 fully saturated rings. The van der Waals surface area contributed by atoms with Crippen LogP contribution >= 0.6 is 11.3 Å². The van der Waals surface area contributed by atoms with E-state index < -0.39 is 9.73 Å². The zero-order chi connectivity index (χ0) is 21.5. The highest BCUT2D eigenvalue weighted by Gasteiger charge is 2.15. The highest BCUT2D eigenvalue weighted by atomic mass is 32.2. The van der Waals surface area contributed by atoms with Gasteiger partial charge in [0.2, 0.25) is 0 Å². The molecule has 2 heterocycles. The number of amides is 1. The van der Waals surface area contributed by atoms with Crippen LogP contribution < -0.4 is 11.1 Å². The van der Waals surface area contributed by atoms with Gasteiger partial charge in [-0.1, -0.05) is 18.2 Å². The van der Waals surface area contributed by atoms with E-state index in [4.69, 9.17) is 10.5 Å². The van der Waals surface area contributed by atoms with Crippen LogP contribution in [0.5, 0.6) is 0 Å². The van der Waals surface area contributed by atoms with Crippen LogP contribution in [0.25, 0.3) is 21.3 Å². The molecule has 0 aliphatic heterocycles. The number of nitrogen functional groups attached to an aromatic ring is 1. The van der Waals surface area contributed by atoms with Gasteiger partial charge in [0.05, 0.1) is 36.2 Å². The Hall–Kier alpha value is -3.30. The van der Waals surface area contributed by atoms with Crippen LogP contribution in [0.15, 0.2) is 65.7 Å². The first-order valence-corrected chi connectivity index (χ1v) is 11.6. The van der Waals surface area contributed by atoms with Crippen molar-refractivity contribution in [2.45, 2.75) is 5.03 Å². The van der Waals surface area contributed by atoms with Gasteiger partial charge in [0.15, 0.2) is 0 Å². The maximum atomic E-state index is 13.2. The second-order valence-corrected chi connectivity index (χ2v) is 9.94. The predicted octanol–water partition coefficient (Wildman–Crippen LogP) is 4.97. The lowest BCUT2D eigenvalue weighted by atomic mass is 10.0. The first kappa shape index (κ1) is 20.0. The second-order valence-electron chi connectivity index (χ2n) is 6.75. The molecule has 152 valence electrons. The molecule has 0 radical (unpaired) electrons. The number of nitrogens with zero attached hydrogens (tertiary/aromatic N) is 1. The van der Waals surface area contributed by atoms with E-state index in [9.17, 15) is 13.4 Å². The summed E-state index contributed by atoms with van der Waals surface area (Å²) in [5.41, 5.74) is 8.96. The highest BCUT2D eigenvalue weighted by molar-refractivity contribution is 7.91. The third-order valence-electron chi connectivity index (χ3n) is 4.45. The van der Waals surface area contributed by atoms with Gasteiger partial charge >= 0.3 is 0 Å². The molecule has 0 spiro atoms. The molecule has 0 aliphatic rings. The molecule has 9 heteroatoms. The number of rotatable bonds is 4. The molecule has 30 heavy (non-hydrogen) atoms. The van der Waals surface area contributed by atoms with Crippen molar-refractivity contribution in [3.8, 4) is 11.1 Å². The quantitative estimate of drug-likeness (QED) is 0.389. The number of thiophene rings is 1. The van der Waals surface area contributed by atoms with Gasteiger partial charge in [0.1, 0.15) is 10.8 Å². The van der Waals surface area contributed by atoms with Gasteiger partial charge in [-0.2, -0.15) is 0 Å². The molecular weight excluding hydrogens is 423 g/mol. The fourth-order valence-corrected chi connectivity index (χ4v) is 4.40. The summed E-state index contributed by atoms with van der Waals surface area (Å²) in [5, 5.41) is 2.98. The monoisotopic (exact) mass is 440 g/mol. The van der Waals surface area contributed by atoms with Gasteiger partial charge in [-0.25, -0.2) is 18.4 Å². The van der Waals surface area contributed by atoms with Crippen LogP contribution in [0, 0.1) is 10.6 Å². The van der Waals surface area contributed by atoms with Crippen LogP contribution in [0.3, 0.4) is 0 Å². The molecule has 2 aromatic heterocycles. The Balaban J connectivity index is 1.63. The minimum atomic E-state index is -2.94. The van der Waals surface area contributed by atoms with E-state index >= 15 is 0 Å². The second kappa shape index (κ2) is 7.51. The molecule has 0 saturated heterocycles. The third-order valence-corrected chi connectivity index (χ3v) is 6.56. The number of hydrogen-bond donors (Lipinski definition) is 3.